The molecule has 0 aromatic heterocycles. The fraction of sp³-hybridized carbons (Fsp3) is 0.750. The van der Waals surface area contributed by atoms with Crippen LogP contribution in [-0.2, 0) is 0 Å². The Morgan fingerprint density at radius 3 is 3.19 bits per heavy atom. The summed E-state index contributed by atoms with van der Waals surface area (Å²) in [5.74, 6) is 0.981. The molecule has 0 aromatic carbocycles. The second-order valence-electron chi connectivity index (χ2n) is 4.54. The molecular formula is C12H22N4. The summed E-state index contributed by atoms with van der Waals surface area (Å²) in [5, 5.41) is 6.63. The lowest BCUT2D eigenvalue weighted by atomic mass is 10.1. The maximum Gasteiger partial charge on any atom is 0.191 e. The largest absolute Gasteiger partial charge is 0.356 e. The maximum absolute atomic E-state index is 4.39. The summed E-state index contributed by atoms with van der Waals surface area (Å²) in [5.41, 5.74) is 1.53. The highest BCUT2D eigenvalue weighted by Gasteiger charge is 2.09. The van der Waals surface area contributed by atoms with Crippen LogP contribution in [-0.4, -0.2) is 50.1 Å². The Bertz CT molecular complexity index is 283. The average molecular weight is 222 g/mol. The number of guanidine groups is 1. The molecule has 2 aliphatic heterocycles. The van der Waals surface area contributed by atoms with Gasteiger partial charge in [-0.25, -0.2) is 0 Å². The SMILES string of the molecule is CC1=CCN(CCNC2=NCCCN2)CC1. The Hall–Kier alpha value is -1.03. The zero-order valence-corrected chi connectivity index (χ0v) is 10.1. The minimum Gasteiger partial charge on any atom is -0.356 e. The summed E-state index contributed by atoms with van der Waals surface area (Å²) in [4.78, 5) is 6.86. The summed E-state index contributed by atoms with van der Waals surface area (Å²) in [7, 11) is 0. The summed E-state index contributed by atoms with van der Waals surface area (Å²) in [6.45, 7) is 8.62. The molecule has 0 saturated carbocycles. The van der Waals surface area contributed by atoms with Crippen LogP contribution < -0.4 is 10.6 Å². The zero-order chi connectivity index (χ0) is 11.2. The molecule has 4 heteroatoms. The Morgan fingerprint density at radius 2 is 2.50 bits per heavy atom. The Labute approximate surface area is 97.8 Å². The first kappa shape index (κ1) is 11.5. The van der Waals surface area contributed by atoms with Crippen molar-refractivity contribution in [3.05, 3.63) is 11.6 Å². The molecule has 2 N–H and O–H groups in total. The molecule has 2 rings (SSSR count). The molecule has 0 spiro atoms. The maximum atomic E-state index is 4.39. The number of rotatable bonds is 3. The summed E-state index contributed by atoms with van der Waals surface area (Å²) < 4.78 is 0. The highest BCUT2D eigenvalue weighted by Crippen LogP contribution is 2.08. The van der Waals surface area contributed by atoms with E-state index in [1.165, 1.54) is 18.5 Å². The molecule has 0 saturated heterocycles. The monoisotopic (exact) mass is 222 g/mol. The van der Waals surface area contributed by atoms with Gasteiger partial charge in [-0.15, -0.1) is 0 Å². The van der Waals surface area contributed by atoms with Crippen LogP contribution in [0.2, 0.25) is 0 Å². The Morgan fingerprint density at radius 1 is 1.56 bits per heavy atom. The van der Waals surface area contributed by atoms with Gasteiger partial charge < -0.3 is 10.6 Å². The van der Waals surface area contributed by atoms with Crippen LogP contribution in [0.15, 0.2) is 16.6 Å². The molecule has 0 atom stereocenters. The van der Waals surface area contributed by atoms with Gasteiger partial charge in [0.15, 0.2) is 5.96 Å². The molecule has 0 aromatic rings. The minimum absolute atomic E-state index is 0.959. The van der Waals surface area contributed by atoms with E-state index in [2.05, 4.69) is 33.5 Å². The lowest BCUT2D eigenvalue weighted by molar-refractivity contribution is 0.298. The highest BCUT2D eigenvalue weighted by atomic mass is 15.2. The van der Waals surface area contributed by atoms with Crippen molar-refractivity contribution in [1.29, 1.82) is 0 Å². The fourth-order valence-corrected chi connectivity index (χ4v) is 2.00. The van der Waals surface area contributed by atoms with Gasteiger partial charge >= 0.3 is 0 Å². The first-order valence-electron chi connectivity index (χ1n) is 6.25. The van der Waals surface area contributed by atoms with Crippen molar-refractivity contribution >= 4 is 5.96 Å². The topological polar surface area (TPSA) is 39.7 Å². The smallest absolute Gasteiger partial charge is 0.191 e. The van der Waals surface area contributed by atoms with Crippen molar-refractivity contribution in [2.75, 3.05) is 39.3 Å². The number of nitrogens with zero attached hydrogens (tertiary/aromatic N) is 2. The van der Waals surface area contributed by atoms with Crippen molar-refractivity contribution in [1.82, 2.24) is 15.5 Å². The van der Waals surface area contributed by atoms with E-state index in [0.717, 1.165) is 45.1 Å². The van der Waals surface area contributed by atoms with Gasteiger partial charge in [0.25, 0.3) is 0 Å². The van der Waals surface area contributed by atoms with E-state index >= 15 is 0 Å². The molecule has 0 aliphatic carbocycles. The second kappa shape index (κ2) is 5.89. The third kappa shape index (κ3) is 3.52. The molecular weight excluding hydrogens is 200 g/mol. The van der Waals surface area contributed by atoms with Gasteiger partial charge in [0.1, 0.15) is 0 Å². The average Bonchev–Trinajstić information content (AvgIpc) is 2.33. The summed E-state index contributed by atoms with van der Waals surface area (Å²) >= 11 is 0. The van der Waals surface area contributed by atoms with Crippen LogP contribution >= 0.6 is 0 Å². The second-order valence-corrected chi connectivity index (χ2v) is 4.54. The minimum atomic E-state index is 0.959. The quantitative estimate of drug-likeness (QED) is 0.686. The van der Waals surface area contributed by atoms with Crippen LogP contribution in [0.3, 0.4) is 0 Å². The van der Waals surface area contributed by atoms with Crippen LogP contribution in [0.1, 0.15) is 19.8 Å². The van der Waals surface area contributed by atoms with Crippen molar-refractivity contribution in [2.24, 2.45) is 4.99 Å². The molecule has 0 fully saturated rings. The van der Waals surface area contributed by atoms with Crippen molar-refractivity contribution in [3.63, 3.8) is 0 Å². The van der Waals surface area contributed by atoms with E-state index in [1.54, 1.807) is 0 Å². The fourth-order valence-electron chi connectivity index (χ4n) is 2.00. The predicted octanol–water partition coefficient (Wildman–Crippen LogP) is 0.577. The lowest BCUT2D eigenvalue weighted by Gasteiger charge is -2.25. The van der Waals surface area contributed by atoms with E-state index in [0.29, 0.717) is 0 Å². The van der Waals surface area contributed by atoms with E-state index in [4.69, 9.17) is 0 Å². The van der Waals surface area contributed by atoms with Gasteiger partial charge in [-0.3, -0.25) is 9.89 Å². The van der Waals surface area contributed by atoms with Gasteiger partial charge in [-0.05, 0) is 19.8 Å². The molecule has 90 valence electrons. The molecule has 0 radical (unpaired) electrons. The van der Waals surface area contributed by atoms with E-state index in [1.807, 2.05) is 0 Å². The third-order valence-electron chi connectivity index (χ3n) is 3.14. The first-order valence-corrected chi connectivity index (χ1v) is 6.25. The van der Waals surface area contributed by atoms with Crippen LogP contribution in [0.4, 0.5) is 0 Å². The first-order chi connectivity index (χ1) is 7.84. The van der Waals surface area contributed by atoms with Crippen molar-refractivity contribution in [2.45, 2.75) is 19.8 Å². The van der Waals surface area contributed by atoms with Crippen LogP contribution in [0, 0.1) is 0 Å². The molecule has 2 aliphatic rings. The van der Waals surface area contributed by atoms with Crippen molar-refractivity contribution < 1.29 is 0 Å². The van der Waals surface area contributed by atoms with Crippen molar-refractivity contribution in [3.8, 4) is 0 Å². The van der Waals surface area contributed by atoms with Crippen LogP contribution in [0.25, 0.3) is 0 Å². The Kier molecular flexibility index (Phi) is 4.22. The summed E-state index contributed by atoms with van der Waals surface area (Å²) in [6.07, 6.45) is 4.71. The number of hydrogen-bond donors (Lipinski definition) is 2. The standard InChI is InChI=1S/C12H22N4/c1-11-3-8-16(9-4-11)10-7-15-12-13-5-2-6-14-12/h3H,2,4-10H2,1H3,(H2,13,14,15). The zero-order valence-electron chi connectivity index (χ0n) is 10.1. The van der Waals surface area contributed by atoms with Gasteiger partial charge in [0.2, 0.25) is 0 Å². The normalized spacial score (nSPS) is 22.1. The molecule has 16 heavy (non-hydrogen) atoms. The van der Waals surface area contributed by atoms with Gasteiger partial charge in [0, 0.05) is 39.3 Å². The number of hydrogen-bond acceptors (Lipinski definition) is 4. The summed E-state index contributed by atoms with van der Waals surface area (Å²) in [6, 6.07) is 0. The highest BCUT2D eigenvalue weighted by molar-refractivity contribution is 5.80. The predicted molar refractivity (Wildman–Crippen MR) is 67.7 cm³/mol. The van der Waals surface area contributed by atoms with Gasteiger partial charge in [-0.1, -0.05) is 11.6 Å². The molecule has 0 amide bonds. The third-order valence-corrected chi connectivity index (χ3v) is 3.14. The van der Waals surface area contributed by atoms with Crippen LogP contribution in [0.5, 0.6) is 0 Å². The lowest BCUT2D eigenvalue weighted by Crippen LogP contribution is -2.44. The molecule has 0 unspecified atom stereocenters. The van der Waals surface area contributed by atoms with E-state index < -0.39 is 0 Å². The molecule has 2 heterocycles. The van der Waals surface area contributed by atoms with Gasteiger partial charge in [0.05, 0.1) is 0 Å². The Balaban J connectivity index is 1.63. The molecule has 4 nitrogen and oxygen atoms in total. The number of nitrogens with one attached hydrogen (secondary N) is 2. The van der Waals surface area contributed by atoms with Gasteiger partial charge in [-0.2, -0.15) is 0 Å². The van der Waals surface area contributed by atoms with E-state index in [9.17, 15) is 0 Å². The van der Waals surface area contributed by atoms with E-state index in [-0.39, 0.29) is 0 Å². The molecule has 0 bridgehead atoms. The number of aliphatic imine (C=N–C) groups is 1.